The van der Waals surface area contributed by atoms with Crippen molar-refractivity contribution in [3.05, 3.63) is 0 Å². The Morgan fingerprint density at radius 2 is 2.21 bits per heavy atom. The summed E-state index contributed by atoms with van der Waals surface area (Å²) in [6, 6.07) is 0. The van der Waals surface area contributed by atoms with Gasteiger partial charge in [0.15, 0.2) is 0 Å². The lowest BCUT2D eigenvalue weighted by Crippen LogP contribution is -2.31. The molecule has 0 heterocycles. The second kappa shape index (κ2) is 5.74. The summed E-state index contributed by atoms with van der Waals surface area (Å²) in [5, 5.41) is 2.98. The minimum absolute atomic E-state index is 0.199. The number of carbonyl (C=O) groups excluding carboxylic acids is 1. The highest BCUT2D eigenvalue weighted by atomic mass is 79.9. The molecule has 0 spiro atoms. The standard InChI is InChI=1S/C11H20BrNO/c1-3-8(2)6-11(14)13-7-10(12)9-4-5-9/h8-10H,3-7H2,1-2H3,(H,13,14). The van der Waals surface area contributed by atoms with Crippen LogP contribution in [0.4, 0.5) is 0 Å². The van der Waals surface area contributed by atoms with Crippen molar-refractivity contribution in [3.63, 3.8) is 0 Å². The summed E-state index contributed by atoms with van der Waals surface area (Å²) in [5.74, 6) is 1.51. The van der Waals surface area contributed by atoms with Crippen molar-refractivity contribution in [2.24, 2.45) is 11.8 Å². The van der Waals surface area contributed by atoms with Gasteiger partial charge in [0.05, 0.1) is 0 Å². The van der Waals surface area contributed by atoms with Gasteiger partial charge in [0, 0.05) is 17.8 Å². The molecule has 1 saturated carbocycles. The van der Waals surface area contributed by atoms with Gasteiger partial charge >= 0.3 is 0 Å². The summed E-state index contributed by atoms with van der Waals surface area (Å²) in [7, 11) is 0. The predicted octanol–water partition coefficient (Wildman–Crippen LogP) is 2.71. The molecule has 1 aliphatic carbocycles. The Bertz CT molecular complexity index is 192. The van der Waals surface area contributed by atoms with E-state index in [0.717, 1.165) is 18.9 Å². The highest BCUT2D eigenvalue weighted by Gasteiger charge is 2.29. The average Bonchev–Trinajstić information content (AvgIpc) is 2.97. The Kier molecular flexibility index (Phi) is 4.93. The number of hydrogen-bond donors (Lipinski definition) is 1. The number of rotatable bonds is 6. The molecule has 1 rings (SSSR count). The maximum atomic E-state index is 11.4. The van der Waals surface area contributed by atoms with Crippen LogP contribution in [0.5, 0.6) is 0 Å². The van der Waals surface area contributed by atoms with Gasteiger partial charge in [-0.3, -0.25) is 4.79 Å². The maximum Gasteiger partial charge on any atom is 0.220 e. The molecule has 2 nitrogen and oxygen atoms in total. The first-order valence-electron chi connectivity index (χ1n) is 5.54. The van der Waals surface area contributed by atoms with Crippen molar-refractivity contribution in [1.82, 2.24) is 5.32 Å². The molecule has 1 fully saturated rings. The third-order valence-corrected chi connectivity index (χ3v) is 3.93. The van der Waals surface area contributed by atoms with Crippen molar-refractivity contribution in [3.8, 4) is 0 Å². The Balaban J connectivity index is 2.07. The Labute approximate surface area is 95.0 Å². The molecule has 0 aromatic heterocycles. The lowest BCUT2D eigenvalue weighted by atomic mass is 10.1. The van der Waals surface area contributed by atoms with E-state index in [1.807, 2.05) is 0 Å². The van der Waals surface area contributed by atoms with Gasteiger partial charge in [-0.2, -0.15) is 0 Å². The van der Waals surface area contributed by atoms with E-state index >= 15 is 0 Å². The zero-order valence-electron chi connectivity index (χ0n) is 9.05. The molecule has 14 heavy (non-hydrogen) atoms. The van der Waals surface area contributed by atoms with Crippen LogP contribution in [0.2, 0.25) is 0 Å². The second-order valence-corrected chi connectivity index (χ2v) is 5.55. The number of amides is 1. The first-order chi connectivity index (χ1) is 6.63. The molecule has 0 saturated heterocycles. The van der Waals surface area contributed by atoms with E-state index in [9.17, 15) is 4.79 Å². The fraction of sp³-hybridized carbons (Fsp3) is 0.909. The normalized spacial score (nSPS) is 20.2. The smallest absolute Gasteiger partial charge is 0.220 e. The molecule has 0 aromatic rings. The van der Waals surface area contributed by atoms with Crippen LogP contribution < -0.4 is 5.32 Å². The molecule has 1 amide bonds. The molecule has 0 aromatic carbocycles. The summed E-state index contributed by atoms with van der Waals surface area (Å²) in [5.41, 5.74) is 0. The van der Waals surface area contributed by atoms with Crippen molar-refractivity contribution >= 4 is 21.8 Å². The zero-order valence-corrected chi connectivity index (χ0v) is 10.6. The van der Waals surface area contributed by atoms with E-state index in [4.69, 9.17) is 0 Å². The number of nitrogens with one attached hydrogen (secondary N) is 1. The number of carbonyl (C=O) groups is 1. The molecular weight excluding hydrogens is 242 g/mol. The van der Waals surface area contributed by atoms with Crippen molar-refractivity contribution in [2.75, 3.05) is 6.54 Å². The van der Waals surface area contributed by atoms with Gasteiger partial charge < -0.3 is 5.32 Å². The van der Waals surface area contributed by atoms with E-state index in [2.05, 4.69) is 35.1 Å². The highest BCUT2D eigenvalue weighted by molar-refractivity contribution is 9.09. The summed E-state index contributed by atoms with van der Waals surface area (Å²) in [4.78, 5) is 11.9. The minimum Gasteiger partial charge on any atom is -0.355 e. The summed E-state index contributed by atoms with van der Waals surface area (Å²) < 4.78 is 0. The third-order valence-electron chi connectivity index (χ3n) is 2.86. The van der Waals surface area contributed by atoms with E-state index < -0.39 is 0 Å². The van der Waals surface area contributed by atoms with Gasteiger partial charge in [-0.25, -0.2) is 0 Å². The van der Waals surface area contributed by atoms with Crippen LogP contribution in [0.25, 0.3) is 0 Å². The van der Waals surface area contributed by atoms with Crippen LogP contribution >= 0.6 is 15.9 Å². The highest BCUT2D eigenvalue weighted by Crippen LogP contribution is 2.36. The van der Waals surface area contributed by atoms with Crippen molar-refractivity contribution in [1.29, 1.82) is 0 Å². The molecular formula is C11H20BrNO. The Morgan fingerprint density at radius 3 is 2.71 bits per heavy atom. The van der Waals surface area contributed by atoms with Gasteiger partial charge in [-0.15, -0.1) is 0 Å². The number of alkyl halides is 1. The van der Waals surface area contributed by atoms with Crippen LogP contribution in [0.1, 0.15) is 39.5 Å². The van der Waals surface area contributed by atoms with Crippen LogP contribution in [0.3, 0.4) is 0 Å². The lowest BCUT2D eigenvalue weighted by molar-refractivity contribution is -0.121. The summed E-state index contributed by atoms with van der Waals surface area (Å²) >= 11 is 3.60. The van der Waals surface area contributed by atoms with Crippen LogP contribution in [-0.2, 0) is 4.79 Å². The quantitative estimate of drug-likeness (QED) is 0.733. The predicted molar refractivity (Wildman–Crippen MR) is 62.5 cm³/mol. The van der Waals surface area contributed by atoms with E-state index in [1.54, 1.807) is 0 Å². The van der Waals surface area contributed by atoms with E-state index in [0.29, 0.717) is 17.2 Å². The zero-order chi connectivity index (χ0) is 10.6. The first kappa shape index (κ1) is 12.0. The van der Waals surface area contributed by atoms with Gasteiger partial charge in [0.1, 0.15) is 0 Å². The number of hydrogen-bond acceptors (Lipinski definition) is 1. The lowest BCUT2D eigenvalue weighted by Gasteiger charge is -2.12. The van der Waals surface area contributed by atoms with Crippen LogP contribution in [-0.4, -0.2) is 17.3 Å². The van der Waals surface area contributed by atoms with Gasteiger partial charge in [-0.05, 0) is 24.7 Å². The topological polar surface area (TPSA) is 29.1 Å². The second-order valence-electron chi connectivity index (χ2n) is 4.38. The molecule has 0 bridgehead atoms. The first-order valence-corrected chi connectivity index (χ1v) is 6.45. The van der Waals surface area contributed by atoms with Crippen molar-refractivity contribution < 1.29 is 4.79 Å². The molecule has 0 radical (unpaired) electrons. The average molecular weight is 262 g/mol. The third kappa shape index (κ3) is 4.45. The molecule has 2 atom stereocenters. The molecule has 3 heteroatoms. The SMILES string of the molecule is CCC(C)CC(=O)NCC(Br)C1CC1. The Morgan fingerprint density at radius 1 is 1.57 bits per heavy atom. The maximum absolute atomic E-state index is 11.4. The molecule has 0 aliphatic heterocycles. The van der Waals surface area contributed by atoms with Crippen molar-refractivity contribution in [2.45, 2.75) is 44.4 Å². The molecule has 1 aliphatic rings. The van der Waals surface area contributed by atoms with E-state index in [-0.39, 0.29) is 5.91 Å². The fourth-order valence-corrected chi connectivity index (χ4v) is 2.06. The van der Waals surface area contributed by atoms with Crippen LogP contribution in [0, 0.1) is 11.8 Å². The van der Waals surface area contributed by atoms with Gasteiger partial charge in [0.25, 0.3) is 0 Å². The monoisotopic (exact) mass is 261 g/mol. The molecule has 82 valence electrons. The van der Waals surface area contributed by atoms with E-state index in [1.165, 1.54) is 12.8 Å². The largest absolute Gasteiger partial charge is 0.355 e. The fourth-order valence-electron chi connectivity index (χ4n) is 1.37. The Hall–Kier alpha value is -0.0500. The van der Waals surface area contributed by atoms with Gasteiger partial charge in [0.2, 0.25) is 5.91 Å². The molecule has 2 unspecified atom stereocenters. The number of halogens is 1. The molecule has 1 N–H and O–H groups in total. The van der Waals surface area contributed by atoms with Crippen LogP contribution in [0.15, 0.2) is 0 Å². The minimum atomic E-state index is 0.199. The summed E-state index contributed by atoms with van der Waals surface area (Å²) in [6.45, 7) is 5.03. The van der Waals surface area contributed by atoms with Gasteiger partial charge in [-0.1, -0.05) is 36.2 Å². The summed E-state index contributed by atoms with van der Waals surface area (Å²) in [6.07, 6.45) is 4.38.